The summed E-state index contributed by atoms with van der Waals surface area (Å²) in [4.78, 5) is 44.3. The first kappa shape index (κ1) is 33.1. The molecule has 3 rings (SSSR count). The number of ketones is 1. The quantitative estimate of drug-likeness (QED) is 0.335. The minimum Gasteiger partial charge on any atom is -0.494 e. The molecule has 2 aromatic rings. The number of hydrogen-bond donors (Lipinski definition) is 2. The minimum absolute atomic E-state index is 0.161. The molecule has 2 N–H and O–H groups in total. The number of aromatic nitrogens is 1. The Morgan fingerprint density at radius 3 is 1.45 bits per heavy atom. The van der Waals surface area contributed by atoms with Crippen LogP contribution in [0.15, 0.2) is 36.4 Å². The van der Waals surface area contributed by atoms with Crippen LogP contribution in [-0.2, 0) is 32.2 Å². The molecular formula is C31H46N4O7. The lowest BCUT2D eigenvalue weighted by molar-refractivity contribution is -0.158. The molecule has 0 spiro atoms. The maximum absolute atomic E-state index is 12.7. The van der Waals surface area contributed by atoms with Crippen molar-refractivity contribution in [2.75, 3.05) is 52.4 Å². The van der Waals surface area contributed by atoms with Crippen LogP contribution in [0.25, 0.3) is 0 Å². The van der Waals surface area contributed by atoms with Crippen LogP contribution in [0.1, 0.15) is 57.5 Å². The van der Waals surface area contributed by atoms with Crippen LogP contribution in [0, 0.1) is 0 Å². The third-order valence-corrected chi connectivity index (χ3v) is 6.66. The van der Waals surface area contributed by atoms with Gasteiger partial charge in [-0.3, -0.25) is 33.7 Å². The average Bonchev–Trinajstić information content (AvgIpc) is 3.21. The number of carbonyl (C=O) groups is 3. The molecule has 1 aromatic heterocycles. The molecule has 11 nitrogen and oxygen atoms in total. The second-order valence-electron chi connectivity index (χ2n) is 12.8. The number of aromatic hydroxyl groups is 2. The van der Waals surface area contributed by atoms with Crippen molar-refractivity contribution in [3.8, 4) is 11.8 Å². The van der Waals surface area contributed by atoms with Crippen molar-refractivity contribution in [3.05, 3.63) is 47.5 Å². The van der Waals surface area contributed by atoms with E-state index < -0.39 is 11.2 Å². The molecule has 232 valence electrons. The molecule has 0 saturated carbocycles. The van der Waals surface area contributed by atoms with Gasteiger partial charge in [0.2, 0.25) is 0 Å². The van der Waals surface area contributed by atoms with Gasteiger partial charge in [-0.1, -0.05) is 24.3 Å². The second-order valence-corrected chi connectivity index (χ2v) is 12.8. The molecule has 0 atom stereocenters. The fourth-order valence-electron chi connectivity index (χ4n) is 4.67. The van der Waals surface area contributed by atoms with Gasteiger partial charge in [0.05, 0.1) is 19.6 Å². The monoisotopic (exact) mass is 586 g/mol. The Hall–Kier alpha value is -3.41. The number of Topliss-reactive ketones (excluding diaryl/α,β-unsaturated/α-hetero) is 1. The summed E-state index contributed by atoms with van der Waals surface area (Å²) in [7, 11) is 0. The molecule has 1 aliphatic heterocycles. The Labute approximate surface area is 248 Å². The molecule has 1 aliphatic rings. The largest absolute Gasteiger partial charge is 0.494 e. The van der Waals surface area contributed by atoms with Crippen molar-refractivity contribution < 1.29 is 34.1 Å². The van der Waals surface area contributed by atoms with Gasteiger partial charge in [0.1, 0.15) is 11.2 Å². The van der Waals surface area contributed by atoms with Gasteiger partial charge in [-0.25, -0.2) is 0 Å². The molecule has 0 unspecified atom stereocenters. The third-order valence-electron chi connectivity index (χ3n) is 6.66. The van der Waals surface area contributed by atoms with Gasteiger partial charge in [0.25, 0.3) is 0 Å². The van der Waals surface area contributed by atoms with Gasteiger partial charge in [-0.2, -0.15) is 0 Å². The highest BCUT2D eigenvalue weighted by molar-refractivity contribution is 5.96. The van der Waals surface area contributed by atoms with Crippen molar-refractivity contribution in [2.24, 2.45) is 0 Å². The van der Waals surface area contributed by atoms with Gasteiger partial charge in [0.15, 0.2) is 17.5 Å². The number of hydrogen-bond acceptors (Lipinski definition) is 10. The summed E-state index contributed by atoms with van der Waals surface area (Å²) in [5, 5.41) is 19.7. The van der Waals surface area contributed by atoms with E-state index in [-0.39, 0.29) is 49.1 Å². The standard InChI is InChI=1S/C31H46N4O7/c1-30(2,3)41-28(39)21-33-15-13-32(14-16-34(18-17-33)22-29(40)42-31(4,5)6)19-23-7-9-24(10-8-23)25(36)20-35-26(37)11-12-27(35)38/h7-12,37-38H,13-22H2,1-6H3. The van der Waals surface area contributed by atoms with Crippen LogP contribution < -0.4 is 0 Å². The lowest BCUT2D eigenvalue weighted by Gasteiger charge is -2.27. The zero-order valence-electron chi connectivity index (χ0n) is 25.8. The van der Waals surface area contributed by atoms with Crippen molar-refractivity contribution in [1.29, 1.82) is 0 Å². The van der Waals surface area contributed by atoms with E-state index in [9.17, 15) is 24.6 Å². The maximum Gasteiger partial charge on any atom is 0.320 e. The maximum atomic E-state index is 12.7. The normalized spacial score (nSPS) is 16.3. The highest BCUT2D eigenvalue weighted by atomic mass is 16.6. The smallest absolute Gasteiger partial charge is 0.320 e. The first-order chi connectivity index (χ1) is 19.6. The number of carbonyl (C=O) groups excluding carboxylic acids is 3. The minimum atomic E-state index is -0.568. The van der Waals surface area contributed by atoms with Crippen LogP contribution in [0.3, 0.4) is 0 Å². The zero-order chi connectivity index (χ0) is 31.1. The molecule has 0 aliphatic carbocycles. The van der Waals surface area contributed by atoms with Gasteiger partial charge in [-0.05, 0) is 47.1 Å². The van der Waals surface area contributed by atoms with Crippen molar-refractivity contribution in [1.82, 2.24) is 19.3 Å². The molecule has 2 heterocycles. The number of rotatable bonds is 9. The van der Waals surface area contributed by atoms with Gasteiger partial charge in [-0.15, -0.1) is 0 Å². The van der Waals surface area contributed by atoms with E-state index in [0.29, 0.717) is 51.4 Å². The van der Waals surface area contributed by atoms with Gasteiger partial charge >= 0.3 is 11.9 Å². The average molecular weight is 587 g/mol. The summed E-state index contributed by atoms with van der Waals surface area (Å²) < 4.78 is 12.2. The molecule has 0 radical (unpaired) electrons. The fraction of sp³-hybridized carbons (Fsp3) is 0.581. The zero-order valence-corrected chi connectivity index (χ0v) is 25.8. The van der Waals surface area contributed by atoms with Crippen LogP contribution in [-0.4, -0.2) is 111 Å². The lowest BCUT2D eigenvalue weighted by atomic mass is 10.1. The van der Waals surface area contributed by atoms with Crippen LogP contribution in [0.5, 0.6) is 11.8 Å². The topological polar surface area (TPSA) is 125 Å². The first-order valence-electron chi connectivity index (χ1n) is 14.4. The SMILES string of the molecule is CC(C)(C)OC(=O)CN1CCN(CC(=O)OC(C)(C)C)CCN(Cc2ccc(C(=O)Cn3c(O)ccc3O)cc2)CC1. The highest BCUT2D eigenvalue weighted by Gasteiger charge is 2.24. The Bertz CT molecular complexity index is 1150. The molecule has 0 bridgehead atoms. The molecule has 0 amide bonds. The van der Waals surface area contributed by atoms with Crippen molar-refractivity contribution in [2.45, 2.75) is 65.8 Å². The third kappa shape index (κ3) is 11.1. The molecule has 11 heteroatoms. The molecule has 1 saturated heterocycles. The van der Waals surface area contributed by atoms with Crippen LogP contribution in [0.2, 0.25) is 0 Å². The van der Waals surface area contributed by atoms with Gasteiger partial charge in [0, 0.05) is 63.5 Å². The van der Waals surface area contributed by atoms with Crippen LogP contribution >= 0.6 is 0 Å². The van der Waals surface area contributed by atoms with E-state index in [4.69, 9.17) is 9.47 Å². The highest BCUT2D eigenvalue weighted by Crippen LogP contribution is 2.22. The Kier molecular flexibility index (Phi) is 11.2. The lowest BCUT2D eigenvalue weighted by Crippen LogP contribution is -2.42. The first-order valence-corrected chi connectivity index (χ1v) is 14.4. The predicted molar refractivity (Wildman–Crippen MR) is 158 cm³/mol. The summed E-state index contributed by atoms with van der Waals surface area (Å²) >= 11 is 0. The second kappa shape index (κ2) is 14.2. The van der Waals surface area contributed by atoms with E-state index in [1.165, 1.54) is 12.1 Å². The van der Waals surface area contributed by atoms with E-state index in [0.717, 1.165) is 10.1 Å². The van der Waals surface area contributed by atoms with Gasteiger partial charge < -0.3 is 19.7 Å². The summed E-state index contributed by atoms with van der Waals surface area (Å²) in [5.41, 5.74) is 0.348. The Balaban J connectivity index is 1.68. The van der Waals surface area contributed by atoms with E-state index >= 15 is 0 Å². The molecule has 1 aromatic carbocycles. The molecular weight excluding hydrogens is 540 g/mol. The van der Waals surface area contributed by atoms with E-state index in [2.05, 4.69) is 14.7 Å². The Morgan fingerprint density at radius 1 is 0.643 bits per heavy atom. The summed E-state index contributed by atoms with van der Waals surface area (Å²) in [6.07, 6.45) is 0. The summed E-state index contributed by atoms with van der Waals surface area (Å²) in [6, 6.07) is 9.95. The molecule has 42 heavy (non-hydrogen) atoms. The number of ether oxygens (including phenoxy) is 2. The number of nitrogens with zero attached hydrogens (tertiary/aromatic N) is 4. The number of esters is 2. The van der Waals surface area contributed by atoms with Crippen molar-refractivity contribution >= 4 is 17.7 Å². The van der Waals surface area contributed by atoms with E-state index in [1.54, 1.807) is 12.1 Å². The van der Waals surface area contributed by atoms with Crippen LogP contribution in [0.4, 0.5) is 0 Å². The Morgan fingerprint density at radius 2 is 1.05 bits per heavy atom. The number of benzene rings is 1. The fourth-order valence-corrected chi connectivity index (χ4v) is 4.67. The predicted octanol–water partition coefficient (Wildman–Crippen LogP) is 2.89. The van der Waals surface area contributed by atoms with Crippen molar-refractivity contribution in [3.63, 3.8) is 0 Å². The van der Waals surface area contributed by atoms with E-state index in [1.807, 2.05) is 53.7 Å². The summed E-state index contributed by atoms with van der Waals surface area (Å²) in [6.45, 7) is 15.8. The molecule has 1 fully saturated rings. The summed E-state index contributed by atoms with van der Waals surface area (Å²) in [5.74, 6) is -1.15.